The zero-order valence-corrected chi connectivity index (χ0v) is 10.3. The third-order valence-corrected chi connectivity index (χ3v) is 3.70. The lowest BCUT2D eigenvalue weighted by Gasteiger charge is -2.08. The van der Waals surface area contributed by atoms with E-state index in [9.17, 15) is 4.21 Å². The highest BCUT2D eigenvalue weighted by molar-refractivity contribution is 7.85. The first kappa shape index (κ1) is 12.7. The van der Waals surface area contributed by atoms with Crippen LogP contribution < -0.4 is 4.74 Å². The number of hydrogen-bond donors (Lipinski definition) is 0. The molecule has 0 aliphatic heterocycles. The van der Waals surface area contributed by atoms with Gasteiger partial charge in [-0.3, -0.25) is 4.21 Å². The van der Waals surface area contributed by atoms with Gasteiger partial charge in [0.05, 0.1) is 17.9 Å². The molecule has 0 N–H and O–H groups in total. The number of benzene rings is 1. The standard InChI is InChI=1S/C12H15NO2S/c1-10(2)16(14)8-7-15-12-6-4-3-5-11(12)9-13/h3-6,10H,7-8H2,1-2H3. The third kappa shape index (κ3) is 3.67. The first-order chi connectivity index (χ1) is 7.65. The molecular formula is C12H15NO2S. The summed E-state index contributed by atoms with van der Waals surface area (Å²) < 4.78 is 16.9. The number of hydrogen-bond acceptors (Lipinski definition) is 3. The highest BCUT2D eigenvalue weighted by atomic mass is 32.2. The fourth-order valence-electron chi connectivity index (χ4n) is 1.15. The van der Waals surface area contributed by atoms with Crippen LogP contribution in [0.25, 0.3) is 0 Å². The Morgan fingerprint density at radius 1 is 1.44 bits per heavy atom. The van der Waals surface area contributed by atoms with Crippen LogP contribution in [0.4, 0.5) is 0 Å². The van der Waals surface area contributed by atoms with E-state index in [0.29, 0.717) is 23.7 Å². The van der Waals surface area contributed by atoms with Gasteiger partial charge in [-0.1, -0.05) is 26.0 Å². The molecule has 86 valence electrons. The second-order valence-corrected chi connectivity index (χ2v) is 5.70. The second kappa shape index (κ2) is 6.29. The zero-order chi connectivity index (χ0) is 12.0. The first-order valence-corrected chi connectivity index (χ1v) is 6.52. The SMILES string of the molecule is CC(C)S(=O)CCOc1ccccc1C#N. The highest BCUT2D eigenvalue weighted by Gasteiger charge is 2.06. The largest absolute Gasteiger partial charge is 0.491 e. The van der Waals surface area contributed by atoms with Gasteiger partial charge in [0.2, 0.25) is 0 Å². The van der Waals surface area contributed by atoms with E-state index in [0.717, 1.165) is 0 Å². The summed E-state index contributed by atoms with van der Waals surface area (Å²) in [7, 11) is -0.862. The Labute approximate surface area is 98.5 Å². The van der Waals surface area contributed by atoms with E-state index in [4.69, 9.17) is 10.00 Å². The van der Waals surface area contributed by atoms with E-state index >= 15 is 0 Å². The number of rotatable bonds is 5. The van der Waals surface area contributed by atoms with Crippen molar-refractivity contribution in [2.75, 3.05) is 12.4 Å². The molecule has 0 aromatic heterocycles. The van der Waals surface area contributed by atoms with E-state index < -0.39 is 10.8 Å². The van der Waals surface area contributed by atoms with Gasteiger partial charge in [-0.15, -0.1) is 0 Å². The van der Waals surface area contributed by atoms with E-state index in [1.165, 1.54) is 0 Å². The van der Waals surface area contributed by atoms with Gasteiger partial charge in [0.25, 0.3) is 0 Å². The van der Waals surface area contributed by atoms with Crippen molar-refractivity contribution in [3.63, 3.8) is 0 Å². The smallest absolute Gasteiger partial charge is 0.137 e. The molecule has 0 saturated heterocycles. The molecule has 3 nitrogen and oxygen atoms in total. The van der Waals surface area contributed by atoms with E-state index in [1.807, 2.05) is 19.9 Å². The maximum Gasteiger partial charge on any atom is 0.137 e. The van der Waals surface area contributed by atoms with Crippen LogP contribution in [0.15, 0.2) is 24.3 Å². The van der Waals surface area contributed by atoms with Crippen LogP contribution in [0.5, 0.6) is 5.75 Å². The van der Waals surface area contributed by atoms with Crippen molar-refractivity contribution in [1.29, 1.82) is 5.26 Å². The topological polar surface area (TPSA) is 50.1 Å². The fourth-order valence-corrected chi connectivity index (χ4v) is 1.87. The molecule has 1 rings (SSSR count). The van der Waals surface area contributed by atoms with Gasteiger partial charge < -0.3 is 4.74 Å². The van der Waals surface area contributed by atoms with Crippen LogP contribution in [0.3, 0.4) is 0 Å². The first-order valence-electron chi connectivity index (χ1n) is 5.14. The monoisotopic (exact) mass is 237 g/mol. The lowest BCUT2D eigenvalue weighted by Crippen LogP contribution is -2.15. The highest BCUT2D eigenvalue weighted by Crippen LogP contribution is 2.16. The normalized spacial score (nSPS) is 12.1. The van der Waals surface area contributed by atoms with Crippen molar-refractivity contribution < 1.29 is 8.95 Å². The van der Waals surface area contributed by atoms with E-state index in [2.05, 4.69) is 6.07 Å². The molecule has 0 heterocycles. The average molecular weight is 237 g/mol. The molecule has 1 aromatic carbocycles. The Morgan fingerprint density at radius 2 is 2.12 bits per heavy atom. The summed E-state index contributed by atoms with van der Waals surface area (Å²) in [6, 6.07) is 9.11. The van der Waals surface area contributed by atoms with Crippen LogP contribution >= 0.6 is 0 Å². The zero-order valence-electron chi connectivity index (χ0n) is 9.47. The Morgan fingerprint density at radius 3 is 2.75 bits per heavy atom. The molecule has 16 heavy (non-hydrogen) atoms. The summed E-state index contributed by atoms with van der Waals surface area (Å²) >= 11 is 0. The molecule has 4 heteroatoms. The Bertz CT molecular complexity index is 410. The quantitative estimate of drug-likeness (QED) is 0.788. The lowest BCUT2D eigenvalue weighted by atomic mass is 10.2. The van der Waals surface area contributed by atoms with Crippen molar-refractivity contribution in [3.05, 3.63) is 29.8 Å². The molecule has 0 aliphatic carbocycles. The fraction of sp³-hybridized carbons (Fsp3) is 0.417. The summed E-state index contributed by atoms with van der Waals surface area (Å²) in [6.45, 7) is 4.21. The average Bonchev–Trinajstić information content (AvgIpc) is 2.29. The Balaban J connectivity index is 2.50. The molecule has 0 spiro atoms. The van der Waals surface area contributed by atoms with Gasteiger partial charge in [0.15, 0.2) is 0 Å². The van der Waals surface area contributed by atoms with Crippen LogP contribution in [-0.4, -0.2) is 21.8 Å². The Kier molecular flexibility index (Phi) is 5.00. The lowest BCUT2D eigenvalue weighted by molar-refractivity contribution is 0.341. The molecule has 1 aromatic rings. The number of ether oxygens (including phenoxy) is 1. The van der Waals surface area contributed by atoms with Crippen molar-refractivity contribution in [3.8, 4) is 11.8 Å². The van der Waals surface area contributed by atoms with Crippen LogP contribution in [0, 0.1) is 11.3 Å². The predicted molar refractivity (Wildman–Crippen MR) is 64.8 cm³/mol. The summed E-state index contributed by atoms with van der Waals surface area (Å²) in [5.74, 6) is 1.06. The molecule has 1 unspecified atom stereocenters. The van der Waals surface area contributed by atoms with Crippen molar-refractivity contribution in [1.82, 2.24) is 0 Å². The summed E-state index contributed by atoms with van der Waals surface area (Å²) in [5, 5.41) is 8.97. The van der Waals surface area contributed by atoms with Gasteiger partial charge in [0.1, 0.15) is 11.8 Å². The van der Waals surface area contributed by atoms with Gasteiger partial charge in [-0.2, -0.15) is 5.26 Å². The minimum Gasteiger partial charge on any atom is -0.491 e. The molecule has 0 radical (unpaired) electrons. The maximum atomic E-state index is 11.5. The molecule has 0 bridgehead atoms. The van der Waals surface area contributed by atoms with Crippen molar-refractivity contribution >= 4 is 10.8 Å². The maximum absolute atomic E-state index is 11.5. The van der Waals surface area contributed by atoms with E-state index in [-0.39, 0.29) is 5.25 Å². The summed E-state index contributed by atoms with van der Waals surface area (Å²) in [6.07, 6.45) is 0. The van der Waals surface area contributed by atoms with Crippen LogP contribution in [0.1, 0.15) is 19.4 Å². The minimum absolute atomic E-state index is 0.148. The number of nitriles is 1. The van der Waals surface area contributed by atoms with Crippen molar-refractivity contribution in [2.45, 2.75) is 19.1 Å². The van der Waals surface area contributed by atoms with Crippen LogP contribution in [-0.2, 0) is 10.8 Å². The molecule has 0 saturated carbocycles. The van der Waals surface area contributed by atoms with Gasteiger partial charge in [-0.25, -0.2) is 0 Å². The third-order valence-electron chi connectivity index (χ3n) is 2.08. The molecule has 0 amide bonds. The molecular weight excluding hydrogens is 222 g/mol. The van der Waals surface area contributed by atoms with Gasteiger partial charge in [0, 0.05) is 16.0 Å². The minimum atomic E-state index is -0.862. The second-order valence-electron chi connectivity index (χ2n) is 3.59. The predicted octanol–water partition coefficient (Wildman–Crippen LogP) is 2.09. The molecule has 0 aliphatic rings. The number of nitrogens with zero attached hydrogens (tertiary/aromatic N) is 1. The van der Waals surface area contributed by atoms with Gasteiger partial charge in [-0.05, 0) is 12.1 Å². The van der Waals surface area contributed by atoms with Gasteiger partial charge >= 0.3 is 0 Å². The Hall–Kier alpha value is -1.34. The van der Waals surface area contributed by atoms with Crippen molar-refractivity contribution in [2.24, 2.45) is 0 Å². The summed E-state index contributed by atoms with van der Waals surface area (Å²) in [4.78, 5) is 0. The van der Waals surface area contributed by atoms with E-state index in [1.54, 1.807) is 18.2 Å². The molecule has 0 fully saturated rings. The molecule has 1 atom stereocenters. The number of para-hydroxylation sites is 1. The van der Waals surface area contributed by atoms with Crippen LogP contribution in [0.2, 0.25) is 0 Å². The summed E-state index contributed by atoms with van der Waals surface area (Å²) in [5.41, 5.74) is 0.512.